The summed E-state index contributed by atoms with van der Waals surface area (Å²) in [5.41, 5.74) is 8.96. The Morgan fingerprint density at radius 3 is 2.72 bits per heavy atom. The first-order valence-corrected chi connectivity index (χ1v) is 5.97. The Kier molecular flexibility index (Phi) is 3.46. The molecule has 4 heteroatoms. The number of nitrogens with zero attached hydrogens (tertiary/aromatic N) is 2. The molecule has 0 unspecified atom stereocenters. The van der Waals surface area contributed by atoms with Crippen molar-refractivity contribution >= 4 is 5.82 Å². The van der Waals surface area contributed by atoms with Gasteiger partial charge in [0.1, 0.15) is 17.9 Å². The highest BCUT2D eigenvalue weighted by Crippen LogP contribution is 2.29. The molecule has 0 bridgehead atoms. The molecule has 1 heterocycles. The molecule has 1 aromatic heterocycles. The van der Waals surface area contributed by atoms with Crippen molar-refractivity contribution in [1.82, 2.24) is 9.97 Å². The van der Waals surface area contributed by atoms with Crippen LogP contribution >= 0.6 is 0 Å². The first kappa shape index (κ1) is 12.4. The van der Waals surface area contributed by atoms with Crippen LogP contribution in [0.15, 0.2) is 24.5 Å². The number of nitrogens with two attached hydrogens (primary N) is 1. The van der Waals surface area contributed by atoms with Gasteiger partial charge in [0.15, 0.2) is 0 Å². The number of nitrogen functional groups attached to an aromatic ring is 1. The van der Waals surface area contributed by atoms with Crippen LogP contribution in [-0.2, 0) is 6.42 Å². The molecule has 0 atom stereocenters. The molecule has 0 fully saturated rings. The monoisotopic (exact) mass is 243 g/mol. The molecule has 0 radical (unpaired) electrons. The molecular formula is C14H17N3O. The summed E-state index contributed by atoms with van der Waals surface area (Å²) in [6.07, 6.45) is 2.17. The Morgan fingerprint density at radius 2 is 2.00 bits per heavy atom. The molecule has 18 heavy (non-hydrogen) atoms. The minimum atomic E-state index is 0.479. The highest BCUT2D eigenvalue weighted by atomic mass is 16.5. The maximum atomic E-state index is 5.86. The van der Waals surface area contributed by atoms with Crippen molar-refractivity contribution in [2.45, 2.75) is 27.2 Å². The number of benzene rings is 1. The maximum absolute atomic E-state index is 5.86. The fourth-order valence-electron chi connectivity index (χ4n) is 1.77. The summed E-state index contributed by atoms with van der Waals surface area (Å²) in [6.45, 7) is 6.09. The highest BCUT2D eigenvalue weighted by Gasteiger charge is 2.11. The third-order valence-corrected chi connectivity index (χ3v) is 3.05. The van der Waals surface area contributed by atoms with Gasteiger partial charge in [-0.05, 0) is 37.5 Å². The van der Waals surface area contributed by atoms with E-state index in [0.717, 1.165) is 23.3 Å². The third kappa shape index (κ3) is 2.27. The molecule has 0 spiro atoms. The third-order valence-electron chi connectivity index (χ3n) is 3.05. The molecule has 0 aliphatic rings. The van der Waals surface area contributed by atoms with Crippen molar-refractivity contribution < 1.29 is 4.74 Å². The van der Waals surface area contributed by atoms with E-state index >= 15 is 0 Å². The predicted molar refractivity (Wildman–Crippen MR) is 71.8 cm³/mol. The standard InChI is InChI=1S/C14H17N3O/c1-4-11-13(15)16-8-17-14(11)18-12-7-5-6-9(2)10(12)3/h5-8H,4H2,1-3H3,(H2,15,16,17). The Balaban J connectivity index is 2.40. The average Bonchev–Trinajstić information content (AvgIpc) is 2.35. The Hall–Kier alpha value is -2.10. The largest absolute Gasteiger partial charge is 0.438 e. The molecule has 0 saturated heterocycles. The summed E-state index contributed by atoms with van der Waals surface area (Å²) in [4.78, 5) is 8.14. The van der Waals surface area contributed by atoms with Crippen molar-refractivity contribution in [3.8, 4) is 11.6 Å². The number of hydrogen-bond acceptors (Lipinski definition) is 4. The van der Waals surface area contributed by atoms with Crippen LogP contribution < -0.4 is 10.5 Å². The fourth-order valence-corrected chi connectivity index (χ4v) is 1.77. The van der Waals surface area contributed by atoms with Gasteiger partial charge in [-0.2, -0.15) is 0 Å². The molecule has 4 nitrogen and oxygen atoms in total. The van der Waals surface area contributed by atoms with Crippen LogP contribution in [-0.4, -0.2) is 9.97 Å². The van der Waals surface area contributed by atoms with Gasteiger partial charge in [0, 0.05) is 0 Å². The van der Waals surface area contributed by atoms with Gasteiger partial charge in [0.2, 0.25) is 5.88 Å². The summed E-state index contributed by atoms with van der Waals surface area (Å²) < 4.78 is 5.86. The van der Waals surface area contributed by atoms with Gasteiger partial charge in [-0.3, -0.25) is 0 Å². The normalized spacial score (nSPS) is 10.4. The van der Waals surface area contributed by atoms with Crippen LogP contribution in [0.5, 0.6) is 11.6 Å². The van der Waals surface area contributed by atoms with Gasteiger partial charge in [-0.1, -0.05) is 19.1 Å². The lowest BCUT2D eigenvalue weighted by Gasteiger charge is -2.12. The molecule has 0 aliphatic carbocycles. The average molecular weight is 243 g/mol. The SMILES string of the molecule is CCc1c(N)ncnc1Oc1cccc(C)c1C. The lowest BCUT2D eigenvalue weighted by molar-refractivity contribution is 0.452. The van der Waals surface area contributed by atoms with E-state index in [0.29, 0.717) is 11.7 Å². The van der Waals surface area contributed by atoms with E-state index < -0.39 is 0 Å². The number of rotatable bonds is 3. The molecule has 94 valence electrons. The lowest BCUT2D eigenvalue weighted by Crippen LogP contribution is -2.02. The van der Waals surface area contributed by atoms with Crippen LogP contribution in [0.1, 0.15) is 23.6 Å². The van der Waals surface area contributed by atoms with Crippen molar-refractivity contribution in [2.24, 2.45) is 0 Å². The molecule has 2 N–H and O–H groups in total. The Bertz CT molecular complexity index is 567. The molecule has 0 amide bonds. The maximum Gasteiger partial charge on any atom is 0.227 e. The zero-order valence-corrected chi connectivity index (χ0v) is 10.9. The summed E-state index contributed by atoms with van der Waals surface area (Å²) in [7, 11) is 0. The number of anilines is 1. The van der Waals surface area contributed by atoms with E-state index in [4.69, 9.17) is 10.5 Å². The van der Waals surface area contributed by atoms with E-state index in [1.807, 2.05) is 26.0 Å². The first-order valence-electron chi connectivity index (χ1n) is 5.97. The van der Waals surface area contributed by atoms with Crippen LogP contribution in [0, 0.1) is 13.8 Å². The van der Waals surface area contributed by atoms with Gasteiger partial charge in [-0.25, -0.2) is 9.97 Å². The smallest absolute Gasteiger partial charge is 0.227 e. The zero-order valence-electron chi connectivity index (χ0n) is 10.9. The zero-order chi connectivity index (χ0) is 13.1. The van der Waals surface area contributed by atoms with Gasteiger partial charge >= 0.3 is 0 Å². The first-order chi connectivity index (χ1) is 8.63. The summed E-state index contributed by atoms with van der Waals surface area (Å²) in [5, 5.41) is 0. The number of ether oxygens (including phenoxy) is 1. The van der Waals surface area contributed by atoms with E-state index in [2.05, 4.69) is 23.0 Å². The van der Waals surface area contributed by atoms with Crippen molar-refractivity contribution in [3.63, 3.8) is 0 Å². The van der Waals surface area contributed by atoms with E-state index in [9.17, 15) is 0 Å². The van der Waals surface area contributed by atoms with Crippen LogP contribution in [0.3, 0.4) is 0 Å². The minimum Gasteiger partial charge on any atom is -0.438 e. The number of aryl methyl sites for hydroxylation is 1. The molecule has 2 aromatic rings. The molecule has 1 aromatic carbocycles. The Morgan fingerprint density at radius 1 is 1.22 bits per heavy atom. The second-order valence-corrected chi connectivity index (χ2v) is 4.20. The quantitative estimate of drug-likeness (QED) is 0.900. The van der Waals surface area contributed by atoms with Crippen molar-refractivity contribution in [2.75, 3.05) is 5.73 Å². The molecule has 0 aliphatic heterocycles. The van der Waals surface area contributed by atoms with E-state index in [1.165, 1.54) is 11.9 Å². The fraction of sp³-hybridized carbons (Fsp3) is 0.286. The van der Waals surface area contributed by atoms with E-state index in [-0.39, 0.29) is 0 Å². The van der Waals surface area contributed by atoms with Crippen molar-refractivity contribution in [3.05, 3.63) is 41.2 Å². The minimum absolute atomic E-state index is 0.479. The van der Waals surface area contributed by atoms with Gasteiger partial charge in [0.05, 0.1) is 5.56 Å². The summed E-state index contributed by atoms with van der Waals surface area (Å²) in [6, 6.07) is 5.95. The predicted octanol–water partition coefficient (Wildman–Crippen LogP) is 3.03. The van der Waals surface area contributed by atoms with Gasteiger partial charge in [0.25, 0.3) is 0 Å². The van der Waals surface area contributed by atoms with Gasteiger partial charge < -0.3 is 10.5 Å². The number of hydrogen-bond donors (Lipinski definition) is 1. The molecule has 2 rings (SSSR count). The summed E-state index contributed by atoms with van der Waals surface area (Å²) in [5.74, 6) is 1.83. The topological polar surface area (TPSA) is 61.0 Å². The van der Waals surface area contributed by atoms with Crippen molar-refractivity contribution in [1.29, 1.82) is 0 Å². The summed E-state index contributed by atoms with van der Waals surface area (Å²) >= 11 is 0. The van der Waals surface area contributed by atoms with E-state index in [1.54, 1.807) is 0 Å². The van der Waals surface area contributed by atoms with Crippen LogP contribution in [0.2, 0.25) is 0 Å². The lowest BCUT2D eigenvalue weighted by atomic mass is 10.1. The van der Waals surface area contributed by atoms with Crippen LogP contribution in [0.4, 0.5) is 5.82 Å². The molecular weight excluding hydrogens is 226 g/mol. The second kappa shape index (κ2) is 5.04. The van der Waals surface area contributed by atoms with Crippen LogP contribution in [0.25, 0.3) is 0 Å². The Labute approximate surface area is 107 Å². The number of aromatic nitrogens is 2. The second-order valence-electron chi connectivity index (χ2n) is 4.20. The highest BCUT2D eigenvalue weighted by molar-refractivity contribution is 5.47. The molecule has 0 saturated carbocycles. The van der Waals surface area contributed by atoms with Gasteiger partial charge in [-0.15, -0.1) is 0 Å².